The van der Waals surface area contributed by atoms with E-state index in [0.717, 1.165) is 81.8 Å². The first-order valence-corrected chi connectivity index (χ1v) is 11.9. The lowest BCUT2D eigenvalue weighted by molar-refractivity contribution is -0.134. The van der Waals surface area contributed by atoms with Gasteiger partial charge in [0.15, 0.2) is 0 Å². The first-order valence-electron chi connectivity index (χ1n) is 11.9. The molecule has 1 aromatic rings. The molecule has 3 rings (SSSR count). The summed E-state index contributed by atoms with van der Waals surface area (Å²) in [7, 11) is 1.85. The number of amides is 1. The lowest BCUT2D eigenvalue weighted by Crippen LogP contribution is -2.31. The smallest absolute Gasteiger partial charge is 0.225 e. The van der Waals surface area contributed by atoms with Crippen molar-refractivity contribution in [1.29, 1.82) is 0 Å². The van der Waals surface area contributed by atoms with E-state index in [0.29, 0.717) is 12.1 Å². The molecular formula is C26H39NO3. The van der Waals surface area contributed by atoms with E-state index >= 15 is 0 Å². The molecule has 0 bridgehead atoms. The van der Waals surface area contributed by atoms with Gasteiger partial charge in [-0.15, -0.1) is 0 Å². The highest BCUT2D eigenvalue weighted by Gasteiger charge is 2.29. The van der Waals surface area contributed by atoms with Crippen LogP contribution in [-0.4, -0.2) is 28.1 Å². The Hall–Kier alpha value is -1.97. The van der Waals surface area contributed by atoms with E-state index < -0.39 is 0 Å². The Kier molecular flexibility index (Phi) is 7.85. The lowest BCUT2D eigenvalue weighted by Gasteiger charge is -2.27. The molecule has 1 unspecified atom stereocenters. The molecule has 2 aliphatic carbocycles. The van der Waals surface area contributed by atoms with Gasteiger partial charge in [-0.3, -0.25) is 4.79 Å². The maximum Gasteiger partial charge on any atom is 0.225 e. The van der Waals surface area contributed by atoms with Crippen molar-refractivity contribution >= 4 is 5.91 Å². The third-order valence-electron chi connectivity index (χ3n) is 6.98. The molecule has 0 aliphatic heterocycles. The predicted molar refractivity (Wildman–Crippen MR) is 122 cm³/mol. The summed E-state index contributed by atoms with van der Waals surface area (Å²) in [6, 6.07) is 1.85. The van der Waals surface area contributed by atoms with Crippen LogP contribution in [0.15, 0.2) is 17.7 Å². The highest BCUT2D eigenvalue weighted by molar-refractivity contribution is 5.79. The van der Waals surface area contributed by atoms with Crippen LogP contribution >= 0.6 is 0 Å². The fourth-order valence-corrected chi connectivity index (χ4v) is 5.23. The van der Waals surface area contributed by atoms with Gasteiger partial charge in [0.2, 0.25) is 5.91 Å². The summed E-state index contributed by atoms with van der Waals surface area (Å²) in [6.07, 6.45) is 13.6. The number of nitrogens with zero attached hydrogens (tertiary/aromatic N) is 1. The van der Waals surface area contributed by atoms with E-state index in [1.807, 2.05) is 13.1 Å². The van der Waals surface area contributed by atoms with Crippen LogP contribution in [0.2, 0.25) is 0 Å². The highest BCUT2D eigenvalue weighted by Crippen LogP contribution is 2.44. The summed E-state index contributed by atoms with van der Waals surface area (Å²) in [6.45, 7) is 4.70. The summed E-state index contributed by atoms with van der Waals surface area (Å²) in [5.41, 5.74) is 3.76. The van der Waals surface area contributed by atoms with E-state index in [9.17, 15) is 15.0 Å². The Morgan fingerprint density at radius 1 is 1.13 bits per heavy atom. The molecule has 166 valence electrons. The number of carbonyl (C=O) groups excluding carboxylic acids is 1. The fraction of sp³-hybridized carbons (Fsp3) is 0.654. The topological polar surface area (TPSA) is 60.8 Å². The predicted octanol–water partition coefficient (Wildman–Crippen LogP) is 6.19. The standard InChI is InChI=1S/C26H39NO3/c1-4-5-6-13-20-16-23(28)24(21-14-9-10-18(2)15-21)25(29)22(20)17-27(3)26(30)19-11-7-8-12-19/h15-16,19,21,28-29H,4-14,17H2,1-3H3. The van der Waals surface area contributed by atoms with Crippen LogP contribution in [0.25, 0.3) is 0 Å². The SMILES string of the molecule is CCCCCc1cc(O)c(C2C=C(C)CCC2)c(O)c1CN(C)C(=O)C1CCCC1. The van der Waals surface area contributed by atoms with Crippen LogP contribution in [0.5, 0.6) is 11.5 Å². The Bertz CT molecular complexity index is 777. The largest absolute Gasteiger partial charge is 0.507 e. The van der Waals surface area contributed by atoms with Crippen LogP contribution in [0.1, 0.15) is 101 Å². The number of rotatable bonds is 8. The molecule has 1 saturated carbocycles. The van der Waals surface area contributed by atoms with E-state index in [4.69, 9.17) is 0 Å². The van der Waals surface area contributed by atoms with Crippen molar-refractivity contribution in [3.05, 3.63) is 34.4 Å². The zero-order valence-corrected chi connectivity index (χ0v) is 19.0. The molecule has 2 N–H and O–H groups in total. The summed E-state index contributed by atoms with van der Waals surface area (Å²) >= 11 is 0. The molecule has 4 heteroatoms. The van der Waals surface area contributed by atoms with Gasteiger partial charge < -0.3 is 15.1 Å². The van der Waals surface area contributed by atoms with E-state index in [2.05, 4.69) is 19.9 Å². The van der Waals surface area contributed by atoms with Crippen LogP contribution in [0.3, 0.4) is 0 Å². The normalized spacial score (nSPS) is 19.7. The number of hydrogen-bond acceptors (Lipinski definition) is 3. The molecule has 1 fully saturated rings. The number of carbonyl (C=O) groups is 1. The van der Waals surface area contributed by atoms with Crippen LogP contribution in [0, 0.1) is 5.92 Å². The first-order chi connectivity index (χ1) is 14.4. The molecule has 0 aromatic heterocycles. The number of phenols is 2. The second-order valence-electron chi connectivity index (χ2n) is 9.44. The maximum atomic E-state index is 12.9. The van der Waals surface area contributed by atoms with Gasteiger partial charge in [-0.2, -0.15) is 0 Å². The Labute approximate surface area is 182 Å². The van der Waals surface area contributed by atoms with Crippen molar-refractivity contribution in [2.75, 3.05) is 7.05 Å². The van der Waals surface area contributed by atoms with Crippen LogP contribution in [-0.2, 0) is 17.8 Å². The number of unbranched alkanes of at least 4 members (excludes halogenated alkanes) is 2. The van der Waals surface area contributed by atoms with E-state index in [1.54, 1.807) is 4.90 Å². The first kappa shape index (κ1) is 22.7. The monoisotopic (exact) mass is 413 g/mol. The minimum absolute atomic E-state index is 0.0398. The molecule has 0 heterocycles. The van der Waals surface area contributed by atoms with Gasteiger partial charge >= 0.3 is 0 Å². The highest BCUT2D eigenvalue weighted by atomic mass is 16.3. The summed E-state index contributed by atoms with van der Waals surface area (Å²) < 4.78 is 0. The zero-order chi connectivity index (χ0) is 21.7. The molecule has 30 heavy (non-hydrogen) atoms. The van der Waals surface area contributed by atoms with E-state index in [1.165, 1.54) is 5.57 Å². The quantitative estimate of drug-likeness (QED) is 0.394. The van der Waals surface area contributed by atoms with Gasteiger partial charge in [0.05, 0.1) is 0 Å². The van der Waals surface area contributed by atoms with Gasteiger partial charge in [0, 0.05) is 36.6 Å². The van der Waals surface area contributed by atoms with Crippen molar-refractivity contribution in [3.8, 4) is 11.5 Å². The number of allylic oxidation sites excluding steroid dienone is 2. The van der Waals surface area contributed by atoms with Gasteiger partial charge in [-0.05, 0) is 63.5 Å². The molecule has 1 amide bonds. The molecule has 0 saturated heterocycles. The van der Waals surface area contributed by atoms with Crippen LogP contribution in [0.4, 0.5) is 0 Å². The summed E-state index contributed by atoms with van der Waals surface area (Å²) in [5.74, 6) is 0.751. The molecular weight excluding hydrogens is 374 g/mol. The molecule has 0 spiro atoms. The fourth-order valence-electron chi connectivity index (χ4n) is 5.23. The van der Waals surface area contributed by atoms with Crippen LogP contribution < -0.4 is 0 Å². The lowest BCUT2D eigenvalue weighted by atomic mass is 9.83. The van der Waals surface area contributed by atoms with E-state index in [-0.39, 0.29) is 29.2 Å². The maximum absolute atomic E-state index is 12.9. The Morgan fingerprint density at radius 3 is 2.53 bits per heavy atom. The van der Waals surface area contributed by atoms with Crippen molar-refractivity contribution in [2.24, 2.45) is 5.92 Å². The number of aromatic hydroxyl groups is 2. The Balaban J connectivity index is 1.93. The van der Waals surface area contributed by atoms with Gasteiger partial charge in [-0.1, -0.05) is 44.3 Å². The summed E-state index contributed by atoms with van der Waals surface area (Å²) in [4.78, 5) is 14.7. The average molecular weight is 414 g/mol. The number of benzene rings is 1. The van der Waals surface area contributed by atoms with Crippen molar-refractivity contribution in [2.45, 2.75) is 96.9 Å². The number of aryl methyl sites for hydroxylation is 1. The Morgan fingerprint density at radius 2 is 1.87 bits per heavy atom. The molecule has 2 aliphatic rings. The van der Waals surface area contributed by atoms with Crippen molar-refractivity contribution in [3.63, 3.8) is 0 Å². The molecule has 4 nitrogen and oxygen atoms in total. The minimum Gasteiger partial charge on any atom is -0.507 e. The second kappa shape index (κ2) is 10.4. The van der Waals surface area contributed by atoms with Gasteiger partial charge in [0.25, 0.3) is 0 Å². The minimum atomic E-state index is 0.0398. The molecule has 0 radical (unpaired) electrons. The molecule has 1 atom stereocenters. The third kappa shape index (κ3) is 5.19. The van der Waals surface area contributed by atoms with Crippen molar-refractivity contribution < 1.29 is 15.0 Å². The molecule has 1 aromatic carbocycles. The van der Waals surface area contributed by atoms with Gasteiger partial charge in [0.1, 0.15) is 11.5 Å². The number of hydrogen-bond donors (Lipinski definition) is 2. The second-order valence-corrected chi connectivity index (χ2v) is 9.44. The zero-order valence-electron chi connectivity index (χ0n) is 19.0. The average Bonchev–Trinajstić information content (AvgIpc) is 3.25. The summed E-state index contributed by atoms with van der Waals surface area (Å²) in [5, 5.41) is 22.2. The number of phenolic OH excluding ortho intramolecular Hbond substituents is 2. The van der Waals surface area contributed by atoms with Crippen molar-refractivity contribution in [1.82, 2.24) is 4.90 Å². The third-order valence-corrected chi connectivity index (χ3v) is 6.98. The van der Waals surface area contributed by atoms with Gasteiger partial charge in [-0.25, -0.2) is 0 Å².